The van der Waals surface area contributed by atoms with Crippen molar-refractivity contribution in [1.82, 2.24) is 9.97 Å². The number of ether oxygens (including phenoxy) is 2. The van der Waals surface area contributed by atoms with Gasteiger partial charge in [0, 0.05) is 5.56 Å². The summed E-state index contributed by atoms with van der Waals surface area (Å²) in [5, 5.41) is 2.04. The van der Waals surface area contributed by atoms with Crippen LogP contribution in [0.4, 0.5) is 0 Å². The summed E-state index contributed by atoms with van der Waals surface area (Å²) in [4.78, 5) is 9.05. The van der Waals surface area contributed by atoms with Crippen LogP contribution in [0, 0.1) is 6.92 Å². The first kappa shape index (κ1) is 11.7. The van der Waals surface area contributed by atoms with Crippen LogP contribution in [0.2, 0.25) is 0 Å². The van der Waals surface area contributed by atoms with Crippen molar-refractivity contribution in [2.45, 2.75) is 6.92 Å². The summed E-state index contributed by atoms with van der Waals surface area (Å²) in [6, 6.07) is 7.99. The zero-order valence-corrected chi connectivity index (χ0v) is 11.7. The number of fused-ring (bicyclic) bond motifs is 2. The van der Waals surface area contributed by atoms with Crippen LogP contribution in [0.5, 0.6) is 11.5 Å². The number of hydrogen-bond acceptors (Lipinski definition) is 5. The SMILES string of the molecule is Cc1nc(-c2ccc3c(c2)OCCO3)c2sccc2n1. The normalized spacial score (nSPS) is 13.7. The molecule has 0 N–H and O–H groups in total. The van der Waals surface area contributed by atoms with Crippen molar-refractivity contribution >= 4 is 21.6 Å². The van der Waals surface area contributed by atoms with Crippen molar-refractivity contribution in [1.29, 1.82) is 0 Å². The highest BCUT2D eigenvalue weighted by Crippen LogP contribution is 2.37. The summed E-state index contributed by atoms with van der Waals surface area (Å²) in [7, 11) is 0. The molecule has 0 fully saturated rings. The lowest BCUT2D eigenvalue weighted by Gasteiger charge is -2.18. The van der Waals surface area contributed by atoms with Crippen molar-refractivity contribution in [3.63, 3.8) is 0 Å². The standard InChI is InChI=1S/C15H12N2O2S/c1-9-16-11-4-7-20-15(11)14(17-9)10-2-3-12-13(8-10)19-6-5-18-12/h2-4,7-8H,5-6H2,1H3. The first-order valence-corrected chi connectivity index (χ1v) is 7.31. The smallest absolute Gasteiger partial charge is 0.162 e. The second kappa shape index (κ2) is 4.45. The van der Waals surface area contributed by atoms with Gasteiger partial charge in [-0.05, 0) is 36.6 Å². The molecule has 2 aromatic heterocycles. The first-order valence-electron chi connectivity index (χ1n) is 6.43. The molecule has 5 heteroatoms. The highest BCUT2D eigenvalue weighted by Gasteiger charge is 2.15. The number of hydrogen-bond donors (Lipinski definition) is 0. The fourth-order valence-electron chi connectivity index (χ4n) is 2.37. The number of nitrogens with zero attached hydrogens (tertiary/aromatic N) is 2. The van der Waals surface area contributed by atoms with Gasteiger partial charge in [0.25, 0.3) is 0 Å². The Morgan fingerprint density at radius 1 is 1.05 bits per heavy atom. The predicted octanol–water partition coefficient (Wildman–Crippen LogP) is 3.44. The summed E-state index contributed by atoms with van der Waals surface area (Å²) in [5.74, 6) is 2.36. The van der Waals surface area contributed by atoms with Crippen LogP contribution in [-0.2, 0) is 0 Å². The van der Waals surface area contributed by atoms with Crippen LogP contribution in [0.15, 0.2) is 29.6 Å². The second-order valence-electron chi connectivity index (χ2n) is 4.61. The van der Waals surface area contributed by atoms with Crippen molar-refractivity contribution in [2.24, 2.45) is 0 Å². The second-order valence-corrected chi connectivity index (χ2v) is 5.53. The van der Waals surface area contributed by atoms with Gasteiger partial charge in [0.05, 0.1) is 15.9 Å². The summed E-state index contributed by atoms with van der Waals surface area (Å²) >= 11 is 1.66. The van der Waals surface area contributed by atoms with Crippen LogP contribution in [0.3, 0.4) is 0 Å². The van der Waals surface area contributed by atoms with Gasteiger partial charge in [0.15, 0.2) is 11.5 Å². The molecule has 1 aromatic carbocycles. The Balaban J connectivity index is 1.92. The minimum atomic E-state index is 0.591. The molecule has 0 radical (unpaired) electrons. The van der Waals surface area contributed by atoms with Gasteiger partial charge in [-0.25, -0.2) is 9.97 Å². The molecule has 0 atom stereocenters. The molecule has 0 unspecified atom stereocenters. The van der Waals surface area contributed by atoms with E-state index in [1.54, 1.807) is 11.3 Å². The maximum absolute atomic E-state index is 5.64. The van der Waals surface area contributed by atoms with Crippen molar-refractivity contribution in [3.05, 3.63) is 35.5 Å². The van der Waals surface area contributed by atoms with E-state index in [4.69, 9.17) is 9.47 Å². The average molecular weight is 284 g/mol. The van der Waals surface area contributed by atoms with E-state index in [1.165, 1.54) is 0 Å². The maximum atomic E-state index is 5.64. The summed E-state index contributed by atoms with van der Waals surface area (Å²) in [6.07, 6.45) is 0. The largest absolute Gasteiger partial charge is 0.486 e. The molecular formula is C15H12N2O2S. The van der Waals surface area contributed by atoms with E-state index >= 15 is 0 Å². The molecule has 0 spiro atoms. The Kier molecular flexibility index (Phi) is 2.60. The Hall–Kier alpha value is -2.14. The van der Waals surface area contributed by atoms with Crippen LogP contribution < -0.4 is 9.47 Å². The highest BCUT2D eigenvalue weighted by atomic mass is 32.1. The van der Waals surface area contributed by atoms with Gasteiger partial charge < -0.3 is 9.47 Å². The third kappa shape index (κ3) is 1.82. The molecule has 0 bridgehead atoms. The molecule has 0 amide bonds. The lowest BCUT2D eigenvalue weighted by atomic mass is 10.1. The summed E-state index contributed by atoms with van der Waals surface area (Å²) in [6.45, 7) is 3.11. The molecule has 0 saturated heterocycles. The van der Waals surface area contributed by atoms with E-state index in [2.05, 4.69) is 9.97 Å². The highest BCUT2D eigenvalue weighted by molar-refractivity contribution is 7.17. The molecular weight excluding hydrogens is 272 g/mol. The lowest BCUT2D eigenvalue weighted by Crippen LogP contribution is -2.15. The number of thiophene rings is 1. The van der Waals surface area contributed by atoms with E-state index in [9.17, 15) is 0 Å². The van der Waals surface area contributed by atoms with Gasteiger partial charge in [-0.15, -0.1) is 11.3 Å². The topological polar surface area (TPSA) is 44.2 Å². The van der Waals surface area contributed by atoms with E-state index in [0.29, 0.717) is 13.2 Å². The van der Waals surface area contributed by atoms with Crippen LogP contribution >= 0.6 is 11.3 Å². The zero-order valence-electron chi connectivity index (χ0n) is 10.9. The van der Waals surface area contributed by atoms with Gasteiger partial charge in [0.1, 0.15) is 19.0 Å². The molecule has 0 aliphatic carbocycles. The first-order chi connectivity index (χ1) is 9.81. The molecule has 20 heavy (non-hydrogen) atoms. The van der Waals surface area contributed by atoms with Crippen molar-refractivity contribution in [3.8, 4) is 22.8 Å². The van der Waals surface area contributed by atoms with E-state index < -0.39 is 0 Å². The number of aromatic nitrogens is 2. The number of aryl methyl sites for hydroxylation is 1. The minimum Gasteiger partial charge on any atom is -0.486 e. The third-order valence-corrected chi connectivity index (χ3v) is 4.14. The van der Waals surface area contributed by atoms with Crippen LogP contribution in [0.25, 0.3) is 21.5 Å². The molecule has 0 saturated carbocycles. The van der Waals surface area contributed by atoms with Gasteiger partial charge in [-0.1, -0.05) is 0 Å². The summed E-state index contributed by atoms with van der Waals surface area (Å²) in [5.41, 5.74) is 2.99. The fraction of sp³-hybridized carbons (Fsp3) is 0.200. The van der Waals surface area contributed by atoms with E-state index in [0.717, 1.165) is 38.8 Å². The third-order valence-electron chi connectivity index (χ3n) is 3.23. The van der Waals surface area contributed by atoms with E-state index in [1.807, 2.05) is 36.6 Å². The predicted molar refractivity (Wildman–Crippen MR) is 78.6 cm³/mol. The van der Waals surface area contributed by atoms with Crippen LogP contribution in [0.1, 0.15) is 5.82 Å². The number of rotatable bonds is 1. The monoisotopic (exact) mass is 284 g/mol. The Morgan fingerprint density at radius 3 is 2.80 bits per heavy atom. The molecule has 3 heterocycles. The Labute approximate surface area is 120 Å². The molecule has 1 aliphatic rings. The maximum Gasteiger partial charge on any atom is 0.162 e. The van der Waals surface area contributed by atoms with Gasteiger partial charge in [-0.3, -0.25) is 0 Å². The van der Waals surface area contributed by atoms with Crippen LogP contribution in [-0.4, -0.2) is 23.2 Å². The zero-order chi connectivity index (χ0) is 13.5. The molecule has 4 rings (SSSR count). The Morgan fingerprint density at radius 2 is 1.90 bits per heavy atom. The van der Waals surface area contributed by atoms with Gasteiger partial charge in [-0.2, -0.15) is 0 Å². The van der Waals surface area contributed by atoms with Crippen molar-refractivity contribution in [2.75, 3.05) is 13.2 Å². The molecule has 100 valence electrons. The van der Waals surface area contributed by atoms with E-state index in [-0.39, 0.29) is 0 Å². The number of benzene rings is 1. The molecule has 1 aliphatic heterocycles. The van der Waals surface area contributed by atoms with Crippen molar-refractivity contribution < 1.29 is 9.47 Å². The quantitative estimate of drug-likeness (QED) is 0.686. The van der Waals surface area contributed by atoms with Gasteiger partial charge >= 0.3 is 0 Å². The minimum absolute atomic E-state index is 0.591. The molecule has 3 aromatic rings. The van der Waals surface area contributed by atoms with Gasteiger partial charge in [0.2, 0.25) is 0 Å². The molecule has 4 nitrogen and oxygen atoms in total. The fourth-order valence-corrected chi connectivity index (χ4v) is 3.21. The summed E-state index contributed by atoms with van der Waals surface area (Å²) < 4.78 is 12.3. The Bertz CT molecular complexity index is 798. The lowest BCUT2D eigenvalue weighted by molar-refractivity contribution is 0.171. The average Bonchev–Trinajstić information content (AvgIpc) is 2.94.